The third-order valence-corrected chi connectivity index (χ3v) is 2.88. The van der Waals surface area contributed by atoms with Gasteiger partial charge >= 0.3 is 0 Å². The molecule has 1 heteroatoms. The Morgan fingerprint density at radius 1 is 1.14 bits per heavy atom. The average molecular weight is 194 g/mol. The van der Waals surface area contributed by atoms with Crippen molar-refractivity contribution in [2.45, 2.75) is 52.9 Å². The van der Waals surface area contributed by atoms with E-state index in [0.717, 1.165) is 25.7 Å². The maximum Gasteiger partial charge on any atom is 0.141 e. The van der Waals surface area contributed by atoms with E-state index in [9.17, 15) is 4.79 Å². The van der Waals surface area contributed by atoms with Crippen LogP contribution in [0.3, 0.4) is 0 Å². The molecule has 1 atom stereocenters. The molecule has 0 bridgehead atoms. The van der Waals surface area contributed by atoms with Crippen molar-refractivity contribution in [2.75, 3.05) is 0 Å². The van der Waals surface area contributed by atoms with Gasteiger partial charge in [-0.1, -0.05) is 32.9 Å². The molecule has 80 valence electrons. The number of rotatable bonds is 1. The fourth-order valence-electron chi connectivity index (χ4n) is 2.03. The molecule has 1 aliphatic rings. The van der Waals surface area contributed by atoms with Gasteiger partial charge in [0.15, 0.2) is 0 Å². The van der Waals surface area contributed by atoms with Gasteiger partial charge in [-0.2, -0.15) is 0 Å². The number of allylic oxidation sites excluding steroid dienone is 2. The highest BCUT2D eigenvalue weighted by molar-refractivity contribution is 5.85. The van der Waals surface area contributed by atoms with Crippen molar-refractivity contribution < 1.29 is 4.79 Å². The summed E-state index contributed by atoms with van der Waals surface area (Å²) in [6.07, 6.45) is 10.00. The van der Waals surface area contributed by atoms with E-state index >= 15 is 0 Å². The van der Waals surface area contributed by atoms with E-state index in [2.05, 4.69) is 12.2 Å². The predicted octanol–water partition coefficient (Wildman–Crippen LogP) is 3.74. The molecule has 0 radical (unpaired) electrons. The zero-order chi connectivity index (χ0) is 10.6. The first-order valence-corrected chi connectivity index (χ1v) is 5.71. The van der Waals surface area contributed by atoms with Crippen LogP contribution >= 0.6 is 0 Å². The van der Waals surface area contributed by atoms with E-state index in [1.165, 1.54) is 6.42 Å². The van der Waals surface area contributed by atoms with Gasteiger partial charge in [-0.05, 0) is 32.1 Å². The Morgan fingerprint density at radius 3 is 2.43 bits per heavy atom. The second-order valence-electron chi connectivity index (χ2n) is 5.29. The molecule has 14 heavy (non-hydrogen) atoms. The summed E-state index contributed by atoms with van der Waals surface area (Å²) in [7, 11) is 0. The van der Waals surface area contributed by atoms with Crippen LogP contribution in [-0.2, 0) is 4.79 Å². The molecule has 0 aliphatic heterocycles. The molecular weight excluding hydrogens is 172 g/mol. The Morgan fingerprint density at radius 2 is 1.79 bits per heavy atom. The molecule has 0 amide bonds. The SMILES string of the molecule is CC(C)(C)C(=O)C1CC/C=C/CCC1. The Balaban J connectivity index is 2.58. The zero-order valence-corrected chi connectivity index (χ0v) is 9.68. The van der Waals surface area contributed by atoms with Gasteiger partial charge < -0.3 is 0 Å². The van der Waals surface area contributed by atoms with E-state index in [-0.39, 0.29) is 5.41 Å². The first-order valence-electron chi connectivity index (χ1n) is 5.71. The van der Waals surface area contributed by atoms with Gasteiger partial charge in [-0.25, -0.2) is 0 Å². The standard InChI is InChI=1S/C13H22O/c1-13(2,3)12(14)11-9-7-5-4-6-8-10-11/h4-5,11H,6-10H2,1-3H3/b5-4+. The maximum atomic E-state index is 12.1. The van der Waals surface area contributed by atoms with Crippen molar-refractivity contribution >= 4 is 5.78 Å². The fourth-order valence-corrected chi connectivity index (χ4v) is 2.03. The Bertz CT molecular complexity index is 220. The van der Waals surface area contributed by atoms with Crippen molar-refractivity contribution in [2.24, 2.45) is 11.3 Å². The van der Waals surface area contributed by atoms with Crippen LogP contribution in [0.5, 0.6) is 0 Å². The summed E-state index contributed by atoms with van der Waals surface area (Å²) in [6, 6.07) is 0. The molecule has 0 aromatic heterocycles. The van der Waals surface area contributed by atoms with Crippen LogP contribution in [0, 0.1) is 11.3 Å². The van der Waals surface area contributed by atoms with Crippen LogP contribution in [0.4, 0.5) is 0 Å². The summed E-state index contributed by atoms with van der Waals surface area (Å²) in [4.78, 5) is 12.1. The summed E-state index contributed by atoms with van der Waals surface area (Å²) < 4.78 is 0. The topological polar surface area (TPSA) is 17.1 Å². The lowest BCUT2D eigenvalue weighted by molar-refractivity contribution is -0.130. The highest BCUT2D eigenvalue weighted by Gasteiger charge is 2.28. The van der Waals surface area contributed by atoms with E-state index in [1.54, 1.807) is 0 Å². The average Bonchev–Trinajstić information content (AvgIpc) is 2.00. The van der Waals surface area contributed by atoms with Crippen LogP contribution < -0.4 is 0 Å². The minimum atomic E-state index is -0.159. The highest BCUT2D eigenvalue weighted by Crippen LogP contribution is 2.28. The van der Waals surface area contributed by atoms with Gasteiger partial charge in [0.25, 0.3) is 0 Å². The van der Waals surface area contributed by atoms with Crippen molar-refractivity contribution in [1.82, 2.24) is 0 Å². The molecule has 0 aromatic carbocycles. The zero-order valence-electron chi connectivity index (χ0n) is 9.68. The van der Waals surface area contributed by atoms with Crippen LogP contribution in [0.1, 0.15) is 52.9 Å². The second kappa shape index (κ2) is 4.77. The lowest BCUT2D eigenvalue weighted by Crippen LogP contribution is -2.28. The molecule has 0 N–H and O–H groups in total. The Hall–Kier alpha value is -0.590. The van der Waals surface area contributed by atoms with Crippen LogP contribution in [-0.4, -0.2) is 5.78 Å². The van der Waals surface area contributed by atoms with Gasteiger partial charge in [0, 0.05) is 11.3 Å². The second-order valence-corrected chi connectivity index (χ2v) is 5.29. The normalized spacial score (nSPS) is 26.4. The Labute approximate surface area is 87.6 Å². The Kier molecular flexibility index (Phi) is 3.91. The molecule has 0 aromatic rings. The summed E-state index contributed by atoms with van der Waals surface area (Å²) >= 11 is 0. The summed E-state index contributed by atoms with van der Waals surface area (Å²) in [6.45, 7) is 6.10. The van der Waals surface area contributed by atoms with E-state index < -0.39 is 0 Å². The molecule has 0 heterocycles. The minimum Gasteiger partial charge on any atom is -0.299 e. The monoisotopic (exact) mass is 194 g/mol. The molecule has 1 aliphatic carbocycles. The third kappa shape index (κ3) is 3.28. The molecule has 0 spiro atoms. The fraction of sp³-hybridized carbons (Fsp3) is 0.769. The van der Waals surface area contributed by atoms with Gasteiger partial charge in [0.05, 0.1) is 0 Å². The molecule has 0 saturated heterocycles. The van der Waals surface area contributed by atoms with Gasteiger partial charge in [0.2, 0.25) is 0 Å². The smallest absolute Gasteiger partial charge is 0.141 e. The molecule has 1 unspecified atom stereocenters. The van der Waals surface area contributed by atoms with Gasteiger partial charge in [-0.3, -0.25) is 4.79 Å². The van der Waals surface area contributed by atoms with Crippen molar-refractivity contribution in [3.8, 4) is 0 Å². The van der Waals surface area contributed by atoms with Crippen LogP contribution in [0.25, 0.3) is 0 Å². The molecule has 0 saturated carbocycles. The lowest BCUT2D eigenvalue weighted by Gasteiger charge is -2.25. The molecule has 1 rings (SSSR count). The van der Waals surface area contributed by atoms with Crippen molar-refractivity contribution in [3.05, 3.63) is 12.2 Å². The van der Waals surface area contributed by atoms with Crippen LogP contribution in [0.15, 0.2) is 12.2 Å². The molecular formula is C13H22O. The number of Topliss-reactive ketones (excluding diaryl/α,β-unsaturated/α-hetero) is 1. The number of carbonyl (C=O) groups excluding carboxylic acids is 1. The van der Waals surface area contributed by atoms with Crippen molar-refractivity contribution in [1.29, 1.82) is 0 Å². The number of ketones is 1. The number of hydrogen-bond donors (Lipinski definition) is 0. The maximum absolute atomic E-state index is 12.1. The van der Waals surface area contributed by atoms with Gasteiger partial charge in [-0.15, -0.1) is 0 Å². The summed E-state index contributed by atoms with van der Waals surface area (Å²) in [5, 5.41) is 0. The van der Waals surface area contributed by atoms with E-state index in [0.29, 0.717) is 11.7 Å². The van der Waals surface area contributed by atoms with E-state index in [1.807, 2.05) is 20.8 Å². The largest absolute Gasteiger partial charge is 0.299 e. The summed E-state index contributed by atoms with van der Waals surface area (Å²) in [5.74, 6) is 0.757. The lowest BCUT2D eigenvalue weighted by atomic mass is 9.78. The summed E-state index contributed by atoms with van der Waals surface area (Å²) in [5.41, 5.74) is -0.159. The van der Waals surface area contributed by atoms with E-state index in [4.69, 9.17) is 0 Å². The molecule has 0 fully saturated rings. The third-order valence-electron chi connectivity index (χ3n) is 2.88. The minimum absolute atomic E-state index is 0.159. The predicted molar refractivity (Wildman–Crippen MR) is 60.2 cm³/mol. The van der Waals surface area contributed by atoms with Crippen molar-refractivity contribution in [3.63, 3.8) is 0 Å². The first kappa shape index (κ1) is 11.5. The number of carbonyl (C=O) groups is 1. The van der Waals surface area contributed by atoms with Crippen LogP contribution in [0.2, 0.25) is 0 Å². The molecule has 1 nitrogen and oxygen atoms in total. The van der Waals surface area contributed by atoms with Gasteiger partial charge in [0.1, 0.15) is 5.78 Å². The number of hydrogen-bond acceptors (Lipinski definition) is 1. The first-order chi connectivity index (χ1) is 6.52. The highest BCUT2D eigenvalue weighted by atomic mass is 16.1. The quantitative estimate of drug-likeness (QED) is 0.581.